The van der Waals surface area contributed by atoms with Crippen LogP contribution in [0.2, 0.25) is 0 Å². The Labute approximate surface area is 118 Å². The highest BCUT2D eigenvalue weighted by molar-refractivity contribution is 9.10. The molecule has 0 bridgehead atoms. The van der Waals surface area contributed by atoms with Crippen molar-refractivity contribution < 1.29 is 9.53 Å². The second kappa shape index (κ2) is 8.30. The van der Waals surface area contributed by atoms with Crippen LogP contribution in [0.15, 0.2) is 28.7 Å². The van der Waals surface area contributed by atoms with E-state index >= 15 is 0 Å². The summed E-state index contributed by atoms with van der Waals surface area (Å²) in [4.78, 5) is 11.9. The number of carbonyl (C=O) groups is 1. The van der Waals surface area contributed by atoms with Crippen LogP contribution in [0.1, 0.15) is 56.3 Å². The fraction of sp³-hybridized carbons (Fsp3) is 0.533. The fourth-order valence-corrected chi connectivity index (χ4v) is 2.24. The number of esters is 1. The Bertz CT molecular complexity index is 377. The second-order valence-electron chi connectivity index (χ2n) is 4.55. The molecule has 0 saturated heterocycles. The van der Waals surface area contributed by atoms with Crippen LogP contribution in [0.5, 0.6) is 0 Å². The van der Waals surface area contributed by atoms with Gasteiger partial charge in [-0.1, -0.05) is 38.3 Å². The van der Waals surface area contributed by atoms with Crippen molar-refractivity contribution in [1.82, 2.24) is 0 Å². The molecule has 1 rings (SSSR count). The first kappa shape index (κ1) is 15.2. The van der Waals surface area contributed by atoms with E-state index in [4.69, 9.17) is 4.74 Å². The summed E-state index contributed by atoms with van der Waals surface area (Å²) in [6, 6.07) is 7.35. The molecule has 1 aromatic rings. The number of carbonyl (C=O) groups excluding carboxylic acids is 1. The molecule has 0 fully saturated rings. The average molecular weight is 313 g/mol. The molecule has 0 heterocycles. The third kappa shape index (κ3) is 5.21. The normalized spacial score (nSPS) is 12.2. The topological polar surface area (TPSA) is 26.3 Å². The summed E-state index contributed by atoms with van der Waals surface area (Å²) in [6.07, 6.45) is 5.75. The minimum atomic E-state index is -0.245. The Balaban J connectivity index is 2.38. The van der Waals surface area contributed by atoms with E-state index in [9.17, 15) is 4.79 Å². The lowest BCUT2D eigenvalue weighted by Crippen LogP contribution is -2.15. The second-order valence-corrected chi connectivity index (χ2v) is 5.40. The summed E-state index contributed by atoms with van der Waals surface area (Å²) in [5, 5.41) is 0. The zero-order valence-corrected chi connectivity index (χ0v) is 12.7. The van der Waals surface area contributed by atoms with Crippen LogP contribution >= 0.6 is 15.9 Å². The summed E-state index contributed by atoms with van der Waals surface area (Å²) in [7, 11) is 0. The fourth-order valence-electron chi connectivity index (χ4n) is 1.79. The average Bonchev–Trinajstić information content (AvgIpc) is 2.35. The molecule has 0 aliphatic heterocycles. The summed E-state index contributed by atoms with van der Waals surface area (Å²) >= 11 is 3.36. The molecule has 0 amide bonds. The van der Waals surface area contributed by atoms with E-state index in [0.29, 0.717) is 5.56 Å². The van der Waals surface area contributed by atoms with Gasteiger partial charge >= 0.3 is 5.97 Å². The number of rotatable bonds is 7. The van der Waals surface area contributed by atoms with E-state index in [1.54, 1.807) is 6.07 Å². The number of hydrogen-bond donors (Lipinski definition) is 0. The Morgan fingerprint density at radius 2 is 2.00 bits per heavy atom. The van der Waals surface area contributed by atoms with Gasteiger partial charge < -0.3 is 4.74 Å². The van der Waals surface area contributed by atoms with Gasteiger partial charge in [0.25, 0.3) is 0 Å². The molecule has 100 valence electrons. The van der Waals surface area contributed by atoms with Gasteiger partial charge in [-0.3, -0.25) is 0 Å². The summed E-state index contributed by atoms with van der Waals surface area (Å²) in [5.41, 5.74) is 0.595. The van der Waals surface area contributed by atoms with Crippen LogP contribution in [0.4, 0.5) is 0 Å². The minimum Gasteiger partial charge on any atom is -0.459 e. The smallest absolute Gasteiger partial charge is 0.339 e. The molecule has 2 nitrogen and oxygen atoms in total. The van der Waals surface area contributed by atoms with Crippen molar-refractivity contribution in [2.45, 2.75) is 52.1 Å². The monoisotopic (exact) mass is 312 g/mol. The van der Waals surface area contributed by atoms with Gasteiger partial charge in [0, 0.05) is 4.47 Å². The molecule has 3 heteroatoms. The highest BCUT2D eigenvalue weighted by Gasteiger charge is 2.14. The van der Waals surface area contributed by atoms with Gasteiger partial charge in [0.05, 0.1) is 11.7 Å². The summed E-state index contributed by atoms with van der Waals surface area (Å²) in [6.45, 7) is 4.15. The van der Waals surface area contributed by atoms with Crippen LogP contribution in [0.25, 0.3) is 0 Å². The van der Waals surface area contributed by atoms with Crippen molar-refractivity contribution in [2.75, 3.05) is 0 Å². The van der Waals surface area contributed by atoms with Crippen LogP contribution in [-0.4, -0.2) is 12.1 Å². The molecule has 0 spiro atoms. The van der Waals surface area contributed by atoms with E-state index in [2.05, 4.69) is 22.9 Å². The van der Waals surface area contributed by atoms with Crippen LogP contribution in [-0.2, 0) is 4.74 Å². The van der Waals surface area contributed by atoms with Gasteiger partial charge in [0.15, 0.2) is 0 Å². The lowest BCUT2D eigenvalue weighted by atomic mass is 10.1. The zero-order chi connectivity index (χ0) is 13.4. The van der Waals surface area contributed by atoms with E-state index in [1.165, 1.54) is 19.3 Å². The summed E-state index contributed by atoms with van der Waals surface area (Å²) in [5.74, 6) is -0.245. The van der Waals surface area contributed by atoms with E-state index < -0.39 is 0 Å². The van der Waals surface area contributed by atoms with Crippen molar-refractivity contribution in [2.24, 2.45) is 0 Å². The molecular weight excluding hydrogens is 292 g/mol. The standard InChI is InChI=1S/C15H21BrO2/c1-3-4-5-6-9-12(2)18-15(17)13-10-7-8-11-14(13)16/h7-8,10-12H,3-6,9H2,1-2H3/t12-/m0/s1. The molecule has 1 aromatic carbocycles. The summed E-state index contributed by atoms with van der Waals surface area (Å²) < 4.78 is 6.21. The molecule has 0 radical (unpaired) electrons. The van der Waals surface area contributed by atoms with Crippen molar-refractivity contribution in [1.29, 1.82) is 0 Å². The molecule has 18 heavy (non-hydrogen) atoms. The van der Waals surface area contributed by atoms with E-state index in [-0.39, 0.29) is 12.1 Å². The molecule has 0 saturated carbocycles. The Morgan fingerprint density at radius 3 is 2.67 bits per heavy atom. The molecule has 0 unspecified atom stereocenters. The highest BCUT2D eigenvalue weighted by Crippen LogP contribution is 2.18. The highest BCUT2D eigenvalue weighted by atomic mass is 79.9. The first-order valence-electron chi connectivity index (χ1n) is 6.60. The van der Waals surface area contributed by atoms with Gasteiger partial charge in [-0.15, -0.1) is 0 Å². The molecule has 1 atom stereocenters. The van der Waals surface area contributed by atoms with E-state index in [1.807, 2.05) is 25.1 Å². The molecule has 0 N–H and O–H groups in total. The first-order chi connectivity index (χ1) is 8.65. The zero-order valence-electron chi connectivity index (χ0n) is 11.1. The molecule has 0 aliphatic rings. The Hall–Kier alpha value is -0.830. The maximum absolute atomic E-state index is 11.9. The van der Waals surface area contributed by atoms with Gasteiger partial charge in [-0.2, -0.15) is 0 Å². The van der Waals surface area contributed by atoms with Gasteiger partial charge in [0.1, 0.15) is 0 Å². The first-order valence-corrected chi connectivity index (χ1v) is 7.40. The Kier molecular flexibility index (Phi) is 7.02. The maximum Gasteiger partial charge on any atom is 0.339 e. The van der Waals surface area contributed by atoms with E-state index in [0.717, 1.165) is 17.3 Å². The van der Waals surface area contributed by atoms with Crippen molar-refractivity contribution >= 4 is 21.9 Å². The van der Waals surface area contributed by atoms with Crippen molar-refractivity contribution in [3.8, 4) is 0 Å². The Morgan fingerprint density at radius 1 is 1.28 bits per heavy atom. The van der Waals surface area contributed by atoms with Crippen LogP contribution in [0, 0.1) is 0 Å². The number of ether oxygens (including phenoxy) is 1. The van der Waals surface area contributed by atoms with Gasteiger partial charge in [-0.05, 0) is 47.8 Å². The lowest BCUT2D eigenvalue weighted by Gasteiger charge is -2.13. The van der Waals surface area contributed by atoms with Crippen LogP contribution < -0.4 is 0 Å². The maximum atomic E-state index is 11.9. The third-order valence-corrected chi connectivity index (χ3v) is 3.56. The largest absolute Gasteiger partial charge is 0.459 e. The van der Waals surface area contributed by atoms with Crippen molar-refractivity contribution in [3.05, 3.63) is 34.3 Å². The number of hydrogen-bond acceptors (Lipinski definition) is 2. The molecule has 0 aliphatic carbocycles. The third-order valence-electron chi connectivity index (χ3n) is 2.87. The predicted molar refractivity (Wildman–Crippen MR) is 77.8 cm³/mol. The molecule has 0 aromatic heterocycles. The predicted octanol–water partition coefficient (Wildman–Crippen LogP) is 4.96. The number of benzene rings is 1. The SMILES string of the molecule is CCCCCC[C@H](C)OC(=O)c1ccccc1Br. The van der Waals surface area contributed by atoms with Gasteiger partial charge in [-0.25, -0.2) is 4.79 Å². The van der Waals surface area contributed by atoms with Crippen molar-refractivity contribution in [3.63, 3.8) is 0 Å². The van der Waals surface area contributed by atoms with Crippen LogP contribution in [0.3, 0.4) is 0 Å². The minimum absolute atomic E-state index is 0.0125. The number of halogens is 1. The van der Waals surface area contributed by atoms with Gasteiger partial charge in [0.2, 0.25) is 0 Å². The number of unbranched alkanes of at least 4 members (excludes halogenated alkanes) is 3. The quantitative estimate of drug-likeness (QED) is 0.525. The lowest BCUT2D eigenvalue weighted by molar-refractivity contribution is 0.0318. The molecular formula is C15H21BrO2.